The predicted molar refractivity (Wildman–Crippen MR) is 70.6 cm³/mol. The zero-order valence-corrected chi connectivity index (χ0v) is 11.6. The van der Waals surface area contributed by atoms with Gasteiger partial charge in [0.15, 0.2) is 0 Å². The van der Waals surface area contributed by atoms with Crippen LogP contribution in [0.4, 0.5) is 0 Å². The molecule has 0 aromatic carbocycles. The Morgan fingerprint density at radius 1 is 1.53 bits per heavy atom. The third-order valence-electron chi connectivity index (χ3n) is 3.40. The first-order chi connectivity index (χ1) is 7.72. The number of aryl methyl sites for hydroxylation is 2. The first-order valence-corrected chi connectivity index (χ1v) is 6.11. The van der Waals surface area contributed by atoms with Gasteiger partial charge in [-0.3, -0.25) is 4.90 Å². The van der Waals surface area contributed by atoms with Crippen LogP contribution in [-0.4, -0.2) is 35.7 Å². The first kappa shape index (κ1) is 14.5. The van der Waals surface area contributed by atoms with Crippen LogP contribution in [0.2, 0.25) is 0 Å². The lowest BCUT2D eigenvalue weighted by molar-refractivity contribution is 0.164. The normalized spacial score (nSPS) is 21.2. The van der Waals surface area contributed by atoms with E-state index >= 15 is 0 Å². The fourth-order valence-corrected chi connectivity index (χ4v) is 2.24. The van der Waals surface area contributed by atoms with E-state index in [4.69, 9.17) is 4.52 Å². The van der Waals surface area contributed by atoms with Crippen molar-refractivity contribution in [2.75, 3.05) is 19.6 Å². The summed E-state index contributed by atoms with van der Waals surface area (Å²) in [7, 11) is 0. The van der Waals surface area contributed by atoms with Gasteiger partial charge in [-0.2, -0.15) is 0 Å². The molecule has 1 saturated heterocycles. The molecule has 0 bridgehead atoms. The minimum atomic E-state index is 0. The average molecular weight is 260 g/mol. The van der Waals surface area contributed by atoms with Gasteiger partial charge in [0.2, 0.25) is 0 Å². The minimum Gasteiger partial charge on any atom is -0.361 e. The molecular formula is C12H22ClN3O. The molecule has 17 heavy (non-hydrogen) atoms. The fourth-order valence-electron chi connectivity index (χ4n) is 2.24. The summed E-state index contributed by atoms with van der Waals surface area (Å²) in [6.07, 6.45) is 0.952. The second-order valence-corrected chi connectivity index (χ2v) is 4.54. The summed E-state index contributed by atoms with van der Waals surface area (Å²) in [6.45, 7) is 10.6. The van der Waals surface area contributed by atoms with E-state index in [-0.39, 0.29) is 12.4 Å². The van der Waals surface area contributed by atoms with Gasteiger partial charge in [0, 0.05) is 37.8 Å². The second kappa shape index (κ2) is 6.38. The SMILES string of the molecule is CCc1noc(C)c1CN1CCNC[C@H]1C.Cl. The number of piperazine rings is 1. The average Bonchev–Trinajstić information content (AvgIpc) is 2.63. The van der Waals surface area contributed by atoms with Gasteiger partial charge in [0.25, 0.3) is 0 Å². The Kier molecular flexibility index (Phi) is 5.43. The molecule has 1 atom stereocenters. The molecule has 0 spiro atoms. The molecule has 0 aliphatic carbocycles. The van der Waals surface area contributed by atoms with Crippen LogP contribution in [0.25, 0.3) is 0 Å². The van der Waals surface area contributed by atoms with Gasteiger partial charge in [-0.05, 0) is 20.3 Å². The molecular weight excluding hydrogens is 238 g/mol. The molecule has 1 aromatic rings. The molecule has 1 N–H and O–H groups in total. The Bertz CT molecular complexity index is 354. The third-order valence-corrected chi connectivity index (χ3v) is 3.40. The van der Waals surface area contributed by atoms with Crippen LogP contribution < -0.4 is 5.32 Å². The van der Waals surface area contributed by atoms with Gasteiger partial charge in [-0.15, -0.1) is 12.4 Å². The van der Waals surface area contributed by atoms with Crippen LogP contribution >= 0.6 is 12.4 Å². The zero-order valence-electron chi connectivity index (χ0n) is 10.8. The largest absolute Gasteiger partial charge is 0.361 e. The van der Waals surface area contributed by atoms with Gasteiger partial charge in [0.05, 0.1) is 5.69 Å². The fraction of sp³-hybridized carbons (Fsp3) is 0.750. The summed E-state index contributed by atoms with van der Waals surface area (Å²) in [5.41, 5.74) is 2.40. The Balaban J connectivity index is 0.00000144. The third kappa shape index (κ3) is 3.21. The van der Waals surface area contributed by atoms with Gasteiger partial charge < -0.3 is 9.84 Å². The lowest BCUT2D eigenvalue weighted by Gasteiger charge is -2.33. The predicted octanol–water partition coefficient (Wildman–Crippen LogP) is 1.76. The van der Waals surface area contributed by atoms with Crippen molar-refractivity contribution >= 4 is 12.4 Å². The van der Waals surface area contributed by atoms with E-state index in [1.807, 2.05) is 6.92 Å². The van der Waals surface area contributed by atoms with Crippen molar-refractivity contribution in [1.29, 1.82) is 0 Å². The first-order valence-electron chi connectivity index (χ1n) is 6.11. The maximum Gasteiger partial charge on any atom is 0.138 e. The number of aromatic nitrogens is 1. The summed E-state index contributed by atoms with van der Waals surface area (Å²) in [4.78, 5) is 2.50. The van der Waals surface area contributed by atoms with Gasteiger partial charge in [0.1, 0.15) is 5.76 Å². The molecule has 98 valence electrons. The smallest absolute Gasteiger partial charge is 0.138 e. The number of hydrogen-bond donors (Lipinski definition) is 1. The monoisotopic (exact) mass is 259 g/mol. The Labute approximate surface area is 109 Å². The molecule has 0 amide bonds. The molecule has 1 aromatic heterocycles. The highest BCUT2D eigenvalue weighted by molar-refractivity contribution is 5.85. The standard InChI is InChI=1S/C12H21N3O.ClH/c1-4-12-11(10(3)16-14-12)8-15-6-5-13-7-9(15)2;/h9,13H,4-8H2,1-3H3;1H/t9-;/m1./s1. The summed E-state index contributed by atoms with van der Waals surface area (Å²) in [5.74, 6) is 0.975. The zero-order chi connectivity index (χ0) is 11.5. The topological polar surface area (TPSA) is 41.3 Å². The van der Waals surface area contributed by atoms with E-state index in [0.29, 0.717) is 6.04 Å². The maximum atomic E-state index is 5.27. The molecule has 1 aliphatic rings. The molecule has 2 rings (SSSR count). The molecule has 1 fully saturated rings. The molecule has 2 heterocycles. The Hall–Kier alpha value is -0.580. The van der Waals surface area contributed by atoms with Crippen LogP contribution in [0, 0.1) is 6.92 Å². The summed E-state index contributed by atoms with van der Waals surface area (Å²) in [5, 5.41) is 7.51. The lowest BCUT2D eigenvalue weighted by Crippen LogP contribution is -2.49. The van der Waals surface area contributed by atoms with Crippen LogP contribution in [0.15, 0.2) is 4.52 Å². The van der Waals surface area contributed by atoms with Crippen molar-refractivity contribution in [3.8, 4) is 0 Å². The quantitative estimate of drug-likeness (QED) is 0.898. The summed E-state index contributed by atoms with van der Waals surface area (Å²) < 4.78 is 5.27. The Morgan fingerprint density at radius 2 is 2.29 bits per heavy atom. The van der Waals surface area contributed by atoms with Crippen molar-refractivity contribution in [2.24, 2.45) is 0 Å². The van der Waals surface area contributed by atoms with E-state index in [0.717, 1.165) is 44.1 Å². The maximum absolute atomic E-state index is 5.27. The van der Waals surface area contributed by atoms with Crippen molar-refractivity contribution in [3.63, 3.8) is 0 Å². The number of halogens is 1. The highest BCUT2D eigenvalue weighted by Gasteiger charge is 2.21. The lowest BCUT2D eigenvalue weighted by atomic mass is 10.1. The molecule has 1 aliphatic heterocycles. The van der Waals surface area contributed by atoms with Crippen LogP contribution in [0.5, 0.6) is 0 Å². The summed E-state index contributed by atoms with van der Waals surface area (Å²) >= 11 is 0. The molecule has 5 heteroatoms. The number of nitrogens with zero attached hydrogens (tertiary/aromatic N) is 2. The van der Waals surface area contributed by atoms with Crippen molar-refractivity contribution in [1.82, 2.24) is 15.4 Å². The minimum absolute atomic E-state index is 0. The van der Waals surface area contributed by atoms with E-state index in [9.17, 15) is 0 Å². The van der Waals surface area contributed by atoms with E-state index in [1.165, 1.54) is 5.56 Å². The highest BCUT2D eigenvalue weighted by Crippen LogP contribution is 2.18. The molecule has 4 nitrogen and oxygen atoms in total. The highest BCUT2D eigenvalue weighted by atomic mass is 35.5. The van der Waals surface area contributed by atoms with Gasteiger partial charge in [-0.25, -0.2) is 0 Å². The van der Waals surface area contributed by atoms with E-state index < -0.39 is 0 Å². The van der Waals surface area contributed by atoms with Crippen LogP contribution in [0.1, 0.15) is 30.9 Å². The second-order valence-electron chi connectivity index (χ2n) is 4.54. The van der Waals surface area contributed by atoms with Crippen molar-refractivity contribution in [3.05, 3.63) is 17.0 Å². The number of nitrogens with one attached hydrogen (secondary N) is 1. The van der Waals surface area contributed by atoms with E-state index in [2.05, 4.69) is 29.2 Å². The van der Waals surface area contributed by atoms with E-state index in [1.54, 1.807) is 0 Å². The molecule has 0 saturated carbocycles. The van der Waals surface area contributed by atoms with Crippen molar-refractivity contribution in [2.45, 2.75) is 39.8 Å². The van der Waals surface area contributed by atoms with Crippen molar-refractivity contribution < 1.29 is 4.52 Å². The molecule has 0 unspecified atom stereocenters. The van der Waals surface area contributed by atoms with Crippen LogP contribution in [0.3, 0.4) is 0 Å². The molecule has 0 radical (unpaired) electrons. The Morgan fingerprint density at radius 3 is 2.94 bits per heavy atom. The van der Waals surface area contributed by atoms with Gasteiger partial charge >= 0.3 is 0 Å². The summed E-state index contributed by atoms with van der Waals surface area (Å²) in [6, 6.07) is 0.591. The van der Waals surface area contributed by atoms with Crippen LogP contribution in [-0.2, 0) is 13.0 Å². The van der Waals surface area contributed by atoms with Gasteiger partial charge in [-0.1, -0.05) is 12.1 Å². The number of rotatable bonds is 3. The number of hydrogen-bond acceptors (Lipinski definition) is 4.